The van der Waals surface area contributed by atoms with Crippen LogP contribution in [0.25, 0.3) is 5.69 Å². The summed E-state index contributed by atoms with van der Waals surface area (Å²) in [5.41, 5.74) is 4.42. The highest BCUT2D eigenvalue weighted by molar-refractivity contribution is 7.99. The van der Waals surface area contributed by atoms with Crippen molar-refractivity contribution < 1.29 is 14.3 Å². The fourth-order valence-electron chi connectivity index (χ4n) is 4.94. The molecule has 9 nitrogen and oxygen atoms in total. The lowest BCUT2D eigenvalue weighted by molar-refractivity contribution is -0.130. The highest BCUT2D eigenvalue weighted by Gasteiger charge is 2.33. The molecule has 5 aromatic rings. The molecule has 0 spiro atoms. The Bertz CT molecular complexity index is 1790. The van der Waals surface area contributed by atoms with Crippen LogP contribution in [0, 0.1) is 6.92 Å². The van der Waals surface area contributed by atoms with E-state index in [-0.39, 0.29) is 30.2 Å². The number of thiophene rings is 1. The molecule has 6 rings (SSSR count). The number of hydrogen-bond donors (Lipinski definition) is 1. The van der Waals surface area contributed by atoms with Crippen molar-refractivity contribution in [3.63, 3.8) is 0 Å². The first-order valence-corrected chi connectivity index (χ1v) is 15.9. The molecule has 1 aliphatic heterocycles. The lowest BCUT2D eigenvalue weighted by Gasteiger charge is -2.22. The van der Waals surface area contributed by atoms with E-state index in [2.05, 4.69) is 39.8 Å². The van der Waals surface area contributed by atoms with Gasteiger partial charge in [-0.1, -0.05) is 71.9 Å². The third-order valence-electron chi connectivity index (χ3n) is 7.21. The number of aromatic nitrogens is 3. The molecule has 44 heavy (non-hydrogen) atoms. The molecular formula is C33H30N6O3S2. The number of methoxy groups -OCH3 is 1. The molecule has 3 heterocycles. The highest BCUT2D eigenvalue weighted by Crippen LogP contribution is 2.35. The zero-order valence-electron chi connectivity index (χ0n) is 24.2. The number of hydrazone groups is 1. The van der Waals surface area contributed by atoms with Crippen molar-refractivity contribution in [1.82, 2.24) is 25.1 Å². The smallest absolute Gasteiger partial charge is 0.253 e. The van der Waals surface area contributed by atoms with Crippen molar-refractivity contribution in [2.45, 2.75) is 31.1 Å². The number of carbonyl (C=O) groups is 2. The number of thioether (sulfide) groups is 1. The minimum atomic E-state index is -0.258. The number of benzene rings is 3. The summed E-state index contributed by atoms with van der Waals surface area (Å²) in [5, 5.41) is 20.7. The van der Waals surface area contributed by atoms with Crippen LogP contribution in [0.2, 0.25) is 0 Å². The van der Waals surface area contributed by atoms with Crippen molar-refractivity contribution in [3.8, 4) is 11.4 Å². The van der Waals surface area contributed by atoms with Gasteiger partial charge in [0.15, 0.2) is 11.0 Å². The fraction of sp³-hybridized carbons (Fsp3) is 0.182. The molecule has 1 N–H and O–H groups in total. The Morgan fingerprint density at radius 1 is 1.00 bits per heavy atom. The van der Waals surface area contributed by atoms with Gasteiger partial charge in [-0.2, -0.15) is 5.10 Å². The van der Waals surface area contributed by atoms with Gasteiger partial charge < -0.3 is 10.1 Å². The summed E-state index contributed by atoms with van der Waals surface area (Å²) in [6.45, 7) is 2.19. The van der Waals surface area contributed by atoms with Gasteiger partial charge >= 0.3 is 0 Å². The summed E-state index contributed by atoms with van der Waals surface area (Å²) < 4.78 is 7.11. The summed E-state index contributed by atoms with van der Waals surface area (Å²) in [7, 11) is 1.56. The molecule has 1 atom stereocenters. The van der Waals surface area contributed by atoms with Crippen LogP contribution in [0.1, 0.15) is 44.6 Å². The van der Waals surface area contributed by atoms with E-state index in [4.69, 9.17) is 9.84 Å². The Kier molecular flexibility index (Phi) is 8.85. The summed E-state index contributed by atoms with van der Waals surface area (Å²) in [6.07, 6.45) is 0.650. The quantitative estimate of drug-likeness (QED) is 0.191. The van der Waals surface area contributed by atoms with Gasteiger partial charge in [-0.15, -0.1) is 21.5 Å². The molecule has 0 radical (unpaired) electrons. The summed E-state index contributed by atoms with van der Waals surface area (Å²) >= 11 is 2.92. The van der Waals surface area contributed by atoms with Gasteiger partial charge in [-0.05, 0) is 54.3 Å². The Balaban J connectivity index is 1.21. The van der Waals surface area contributed by atoms with Gasteiger partial charge in [-0.25, -0.2) is 5.01 Å². The van der Waals surface area contributed by atoms with Crippen molar-refractivity contribution >= 4 is 40.6 Å². The van der Waals surface area contributed by atoms with E-state index in [9.17, 15) is 9.59 Å². The molecule has 3 aromatic carbocycles. The van der Waals surface area contributed by atoms with Crippen LogP contribution in [0.4, 0.5) is 0 Å². The predicted molar refractivity (Wildman–Crippen MR) is 172 cm³/mol. The van der Waals surface area contributed by atoms with Crippen molar-refractivity contribution in [3.05, 3.63) is 124 Å². The van der Waals surface area contributed by atoms with Crippen LogP contribution in [0.3, 0.4) is 0 Å². The second-order valence-corrected chi connectivity index (χ2v) is 12.1. The fourth-order valence-corrected chi connectivity index (χ4v) is 6.49. The third-order valence-corrected chi connectivity index (χ3v) is 9.04. The monoisotopic (exact) mass is 622 g/mol. The molecule has 0 saturated heterocycles. The Morgan fingerprint density at radius 3 is 2.57 bits per heavy atom. The van der Waals surface area contributed by atoms with Crippen LogP contribution >= 0.6 is 23.1 Å². The summed E-state index contributed by atoms with van der Waals surface area (Å²) in [5.74, 6) is 0.876. The molecule has 1 aliphatic rings. The first kappa shape index (κ1) is 29.3. The van der Waals surface area contributed by atoms with Crippen molar-refractivity contribution in [2.24, 2.45) is 5.10 Å². The standard InChI is InChI=1S/C33H30N6O3S2/c1-22-13-15-23(16-14-22)28-19-27(29-12-7-17-43-29)37-39(28)31(40)21-44-33-36-35-30(38(33)25-9-4-3-5-10-25)20-34-32(41)24-8-6-11-26(18-24)42-2/h3-18,28H,19-21H2,1-2H3,(H,34,41)/t28-/m0/s1. The van der Waals surface area contributed by atoms with Gasteiger partial charge in [-0.3, -0.25) is 14.2 Å². The first-order chi connectivity index (χ1) is 21.5. The number of aryl methyl sites for hydroxylation is 1. The molecule has 0 saturated carbocycles. The number of hydrogen-bond acceptors (Lipinski definition) is 8. The lowest BCUT2D eigenvalue weighted by atomic mass is 10.00. The lowest BCUT2D eigenvalue weighted by Crippen LogP contribution is -2.28. The predicted octanol–water partition coefficient (Wildman–Crippen LogP) is 6.05. The number of nitrogens with one attached hydrogen (secondary N) is 1. The average Bonchev–Trinajstić information content (AvgIpc) is 3.83. The van der Waals surface area contributed by atoms with Crippen LogP contribution in [-0.4, -0.2) is 50.2 Å². The van der Waals surface area contributed by atoms with E-state index < -0.39 is 0 Å². The number of amides is 2. The van der Waals surface area contributed by atoms with Crippen LogP contribution in [0.5, 0.6) is 5.75 Å². The van der Waals surface area contributed by atoms with E-state index >= 15 is 0 Å². The SMILES string of the molecule is COc1cccc(C(=O)NCc2nnc(SCC(=O)N3N=C(c4cccs4)C[C@H]3c3ccc(C)cc3)n2-c2ccccc2)c1. The normalized spacial score (nSPS) is 14.4. The largest absolute Gasteiger partial charge is 0.497 e. The third kappa shape index (κ3) is 6.43. The number of para-hydroxylation sites is 1. The number of ether oxygens (including phenoxy) is 1. The average molecular weight is 623 g/mol. The van der Waals surface area contributed by atoms with Gasteiger partial charge in [0.25, 0.3) is 11.8 Å². The van der Waals surface area contributed by atoms with Crippen molar-refractivity contribution in [1.29, 1.82) is 0 Å². The van der Waals surface area contributed by atoms with Crippen LogP contribution < -0.4 is 10.1 Å². The van der Waals surface area contributed by atoms with E-state index in [0.717, 1.165) is 27.4 Å². The minimum Gasteiger partial charge on any atom is -0.497 e. The van der Waals surface area contributed by atoms with Crippen LogP contribution in [-0.2, 0) is 11.3 Å². The molecule has 2 amide bonds. The maximum absolute atomic E-state index is 13.7. The van der Waals surface area contributed by atoms with Crippen LogP contribution in [0.15, 0.2) is 107 Å². The zero-order valence-corrected chi connectivity index (χ0v) is 25.8. The maximum atomic E-state index is 13.7. The second-order valence-electron chi connectivity index (χ2n) is 10.2. The van der Waals surface area contributed by atoms with Gasteiger partial charge in [0.05, 0.1) is 36.0 Å². The molecule has 0 unspecified atom stereocenters. The number of nitrogens with zero attached hydrogens (tertiary/aromatic N) is 5. The van der Waals surface area contributed by atoms with E-state index in [0.29, 0.717) is 28.7 Å². The second kappa shape index (κ2) is 13.3. The van der Waals surface area contributed by atoms with Gasteiger partial charge in [0, 0.05) is 17.7 Å². The number of carbonyl (C=O) groups excluding carboxylic acids is 2. The Labute approximate surface area is 263 Å². The highest BCUT2D eigenvalue weighted by atomic mass is 32.2. The van der Waals surface area contributed by atoms with Gasteiger partial charge in [0.1, 0.15) is 5.75 Å². The topological polar surface area (TPSA) is 102 Å². The first-order valence-electron chi connectivity index (χ1n) is 14.0. The van der Waals surface area contributed by atoms with E-state index in [1.807, 2.05) is 59.3 Å². The molecule has 0 fully saturated rings. The molecule has 11 heteroatoms. The molecule has 0 bridgehead atoms. The molecule has 0 aliphatic carbocycles. The Hall–Kier alpha value is -4.74. The zero-order chi connectivity index (χ0) is 30.5. The number of rotatable bonds is 10. The molecular weight excluding hydrogens is 593 g/mol. The summed E-state index contributed by atoms with van der Waals surface area (Å²) in [6, 6.07) is 28.7. The maximum Gasteiger partial charge on any atom is 0.253 e. The molecule has 222 valence electrons. The van der Waals surface area contributed by atoms with Gasteiger partial charge in [0.2, 0.25) is 0 Å². The van der Waals surface area contributed by atoms with Crippen molar-refractivity contribution in [2.75, 3.05) is 12.9 Å². The minimum absolute atomic E-state index is 0.116. The summed E-state index contributed by atoms with van der Waals surface area (Å²) in [4.78, 5) is 27.7. The van der Waals surface area contributed by atoms with E-state index in [1.165, 1.54) is 11.8 Å². The van der Waals surface area contributed by atoms with E-state index in [1.54, 1.807) is 47.7 Å². The Morgan fingerprint density at radius 2 is 1.82 bits per heavy atom. The molecule has 2 aromatic heterocycles.